The van der Waals surface area contributed by atoms with Crippen LogP contribution in [0.15, 0.2) is 29.6 Å². The SMILES string of the molecule is CNc1nc(C(=O)c2ccc(C(C)C)cc2)cs1. The maximum absolute atomic E-state index is 12.2. The molecule has 0 aliphatic rings. The van der Waals surface area contributed by atoms with Gasteiger partial charge in [0.15, 0.2) is 5.13 Å². The van der Waals surface area contributed by atoms with Gasteiger partial charge in [0.25, 0.3) is 0 Å². The number of nitrogens with zero attached hydrogens (tertiary/aromatic N) is 1. The molecule has 0 amide bonds. The molecule has 0 aliphatic heterocycles. The second-order valence-electron chi connectivity index (χ2n) is 4.39. The van der Waals surface area contributed by atoms with Crippen LogP contribution in [0.5, 0.6) is 0 Å². The number of carbonyl (C=O) groups excluding carboxylic acids is 1. The van der Waals surface area contributed by atoms with Crippen molar-refractivity contribution in [2.45, 2.75) is 19.8 Å². The molecular formula is C14H16N2OS. The fourth-order valence-electron chi connectivity index (χ4n) is 1.66. The number of hydrogen-bond donors (Lipinski definition) is 1. The molecule has 0 fully saturated rings. The van der Waals surface area contributed by atoms with E-state index in [1.165, 1.54) is 16.9 Å². The third kappa shape index (κ3) is 2.59. The lowest BCUT2D eigenvalue weighted by Gasteiger charge is -2.05. The van der Waals surface area contributed by atoms with Crippen LogP contribution in [0.3, 0.4) is 0 Å². The molecule has 2 aromatic rings. The lowest BCUT2D eigenvalue weighted by atomic mass is 10.00. The number of nitrogens with one attached hydrogen (secondary N) is 1. The average molecular weight is 260 g/mol. The highest BCUT2D eigenvalue weighted by Gasteiger charge is 2.13. The van der Waals surface area contributed by atoms with Crippen molar-refractivity contribution in [3.8, 4) is 0 Å². The first-order chi connectivity index (χ1) is 8.61. The van der Waals surface area contributed by atoms with Crippen LogP contribution in [0.4, 0.5) is 5.13 Å². The van der Waals surface area contributed by atoms with Gasteiger partial charge >= 0.3 is 0 Å². The summed E-state index contributed by atoms with van der Waals surface area (Å²) in [5.74, 6) is 0.451. The van der Waals surface area contributed by atoms with E-state index in [1.807, 2.05) is 24.3 Å². The predicted octanol–water partition coefficient (Wildman–Crippen LogP) is 3.54. The van der Waals surface area contributed by atoms with Crippen LogP contribution in [0.2, 0.25) is 0 Å². The molecule has 0 bridgehead atoms. The standard InChI is InChI=1S/C14H16N2OS/c1-9(2)10-4-6-11(7-5-10)13(17)12-8-18-14(15-3)16-12/h4-9H,1-3H3,(H,15,16). The molecule has 0 radical (unpaired) electrons. The summed E-state index contributed by atoms with van der Waals surface area (Å²) >= 11 is 1.44. The zero-order chi connectivity index (χ0) is 13.1. The fraction of sp³-hybridized carbons (Fsp3) is 0.286. The average Bonchev–Trinajstić information content (AvgIpc) is 2.86. The van der Waals surface area contributed by atoms with Gasteiger partial charge in [0, 0.05) is 18.0 Å². The molecule has 1 heterocycles. The number of anilines is 1. The molecule has 4 heteroatoms. The van der Waals surface area contributed by atoms with Gasteiger partial charge in [0.05, 0.1) is 0 Å². The molecule has 94 valence electrons. The van der Waals surface area contributed by atoms with Gasteiger partial charge < -0.3 is 5.32 Å². The van der Waals surface area contributed by atoms with Gasteiger partial charge in [-0.1, -0.05) is 38.1 Å². The molecule has 0 aliphatic carbocycles. The van der Waals surface area contributed by atoms with E-state index in [2.05, 4.69) is 24.1 Å². The van der Waals surface area contributed by atoms with Crippen molar-refractivity contribution in [3.63, 3.8) is 0 Å². The predicted molar refractivity (Wildman–Crippen MR) is 75.6 cm³/mol. The second-order valence-corrected chi connectivity index (χ2v) is 5.25. The van der Waals surface area contributed by atoms with Gasteiger partial charge in [0.2, 0.25) is 5.78 Å². The van der Waals surface area contributed by atoms with Gasteiger partial charge in [-0.05, 0) is 11.5 Å². The Hall–Kier alpha value is -1.68. The molecule has 0 atom stereocenters. The van der Waals surface area contributed by atoms with Crippen molar-refractivity contribution >= 4 is 22.3 Å². The maximum atomic E-state index is 12.2. The summed E-state index contributed by atoms with van der Waals surface area (Å²) in [4.78, 5) is 16.4. The van der Waals surface area contributed by atoms with E-state index in [0.717, 1.165) is 5.13 Å². The Labute approximate surface area is 111 Å². The molecule has 3 nitrogen and oxygen atoms in total. The molecule has 1 aromatic heterocycles. The van der Waals surface area contributed by atoms with Crippen molar-refractivity contribution in [2.24, 2.45) is 0 Å². The van der Waals surface area contributed by atoms with Gasteiger partial charge in [0.1, 0.15) is 5.69 Å². The summed E-state index contributed by atoms with van der Waals surface area (Å²) in [6.45, 7) is 4.27. The number of benzene rings is 1. The number of rotatable bonds is 4. The highest BCUT2D eigenvalue weighted by atomic mass is 32.1. The van der Waals surface area contributed by atoms with E-state index in [-0.39, 0.29) is 5.78 Å². The molecule has 0 saturated carbocycles. The first kappa shape index (κ1) is 12.8. The van der Waals surface area contributed by atoms with Crippen LogP contribution in [-0.4, -0.2) is 17.8 Å². The zero-order valence-electron chi connectivity index (χ0n) is 10.7. The quantitative estimate of drug-likeness (QED) is 0.855. The third-order valence-electron chi connectivity index (χ3n) is 2.79. The van der Waals surface area contributed by atoms with Gasteiger partial charge in [-0.3, -0.25) is 4.79 Å². The van der Waals surface area contributed by atoms with Gasteiger partial charge in [-0.15, -0.1) is 11.3 Å². The van der Waals surface area contributed by atoms with Gasteiger partial charge in [-0.2, -0.15) is 0 Å². The number of carbonyl (C=O) groups is 1. The molecule has 1 N–H and O–H groups in total. The Morgan fingerprint density at radius 3 is 2.44 bits per heavy atom. The Bertz CT molecular complexity index is 543. The number of ketones is 1. The van der Waals surface area contributed by atoms with Crippen molar-refractivity contribution in [2.75, 3.05) is 12.4 Å². The Morgan fingerprint density at radius 1 is 1.28 bits per heavy atom. The highest BCUT2D eigenvalue weighted by molar-refractivity contribution is 7.13. The summed E-state index contributed by atoms with van der Waals surface area (Å²) in [6, 6.07) is 7.75. The number of hydrogen-bond acceptors (Lipinski definition) is 4. The molecular weight excluding hydrogens is 244 g/mol. The van der Waals surface area contributed by atoms with Crippen LogP contribution in [-0.2, 0) is 0 Å². The van der Waals surface area contributed by atoms with Crippen molar-refractivity contribution in [3.05, 3.63) is 46.5 Å². The second kappa shape index (κ2) is 5.31. The van der Waals surface area contributed by atoms with E-state index in [0.29, 0.717) is 17.2 Å². The van der Waals surface area contributed by atoms with Gasteiger partial charge in [-0.25, -0.2) is 4.98 Å². The van der Waals surface area contributed by atoms with E-state index in [1.54, 1.807) is 12.4 Å². The van der Waals surface area contributed by atoms with E-state index in [9.17, 15) is 4.79 Å². The van der Waals surface area contributed by atoms with Crippen molar-refractivity contribution < 1.29 is 4.79 Å². The van der Waals surface area contributed by atoms with Crippen LogP contribution in [0.25, 0.3) is 0 Å². The van der Waals surface area contributed by atoms with Crippen LogP contribution < -0.4 is 5.32 Å². The van der Waals surface area contributed by atoms with Crippen LogP contribution in [0.1, 0.15) is 41.4 Å². The Balaban J connectivity index is 2.23. The summed E-state index contributed by atoms with van der Waals surface area (Å²) in [6.07, 6.45) is 0. The first-order valence-corrected chi connectivity index (χ1v) is 6.77. The van der Waals surface area contributed by atoms with E-state index in [4.69, 9.17) is 0 Å². The molecule has 2 rings (SSSR count). The molecule has 0 spiro atoms. The lowest BCUT2D eigenvalue weighted by Crippen LogP contribution is -2.02. The maximum Gasteiger partial charge on any atom is 0.212 e. The summed E-state index contributed by atoms with van der Waals surface area (Å²) < 4.78 is 0. The molecule has 0 unspecified atom stereocenters. The fourth-order valence-corrected chi connectivity index (χ4v) is 2.31. The minimum absolute atomic E-state index is 0.0249. The third-order valence-corrected chi connectivity index (χ3v) is 3.65. The molecule has 1 aromatic carbocycles. The normalized spacial score (nSPS) is 10.7. The Kier molecular flexibility index (Phi) is 3.77. The zero-order valence-corrected chi connectivity index (χ0v) is 11.5. The van der Waals surface area contributed by atoms with Crippen LogP contribution in [0, 0.1) is 0 Å². The summed E-state index contributed by atoms with van der Waals surface area (Å²) in [5, 5.41) is 5.48. The summed E-state index contributed by atoms with van der Waals surface area (Å²) in [7, 11) is 1.80. The highest BCUT2D eigenvalue weighted by Crippen LogP contribution is 2.19. The van der Waals surface area contributed by atoms with Crippen LogP contribution >= 0.6 is 11.3 Å². The monoisotopic (exact) mass is 260 g/mol. The number of thiazole rings is 1. The van der Waals surface area contributed by atoms with Crippen molar-refractivity contribution in [1.29, 1.82) is 0 Å². The summed E-state index contributed by atoms with van der Waals surface area (Å²) in [5.41, 5.74) is 2.43. The number of aromatic nitrogens is 1. The van der Waals surface area contributed by atoms with Crippen molar-refractivity contribution in [1.82, 2.24) is 4.98 Å². The molecule has 18 heavy (non-hydrogen) atoms. The largest absolute Gasteiger partial charge is 0.365 e. The Morgan fingerprint density at radius 2 is 1.94 bits per heavy atom. The molecule has 0 saturated heterocycles. The minimum Gasteiger partial charge on any atom is -0.365 e. The smallest absolute Gasteiger partial charge is 0.212 e. The minimum atomic E-state index is -0.0249. The topological polar surface area (TPSA) is 42.0 Å². The first-order valence-electron chi connectivity index (χ1n) is 5.89. The lowest BCUT2D eigenvalue weighted by molar-refractivity contribution is 0.103. The van der Waals surface area contributed by atoms with E-state index < -0.39 is 0 Å². The van der Waals surface area contributed by atoms with E-state index >= 15 is 0 Å².